The molecule has 1 heterocycles. The van der Waals surface area contributed by atoms with Crippen LogP contribution in [-0.2, 0) is 9.59 Å². The SMILES string of the molecule is CCCCCCCCCCCC(=O)N(C(=O)CCCCCCCCCCC)c1nc(S)nc(S)n1.[NaH]. The van der Waals surface area contributed by atoms with Crippen molar-refractivity contribution in [1.29, 1.82) is 0 Å². The van der Waals surface area contributed by atoms with Crippen LogP contribution in [0.15, 0.2) is 10.3 Å². The molecule has 0 aliphatic carbocycles. The molecule has 1 aromatic heterocycles. The first-order valence-electron chi connectivity index (χ1n) is 14.0. The molecule has 0 saturated carbocycles. The van der Waals surface area contributed by atoms with E-state index < -0.39 is 0 Å². The second-order valence-corrected chi connectivity index (χ2v) is 10.3. The Kier molecular flexibility index (Phi) is 23.8. The van der Waals surface area contributed by atoms with Gasteiger partial charge in [0.2, 0.25) is 17.8 Å². The van der Waals surface area contributed by atoms with Crippen molar-refractivity contribution >= 4 is 72.6 Å². The molecule has 0 radical (unpaired) electrons. The van der Waals surface area contributed by atoms with Gasteiger partial charge in [-0.1, -0.05) is 117 Å². The van der Waals surface area contributed by atoms with Gasteiger partial charge in [-0.05, 0) is 12.8 Å². The van der Waals surface area contributed by atoms with Gasteiger partial charge in [0.15, 0.2) is 10.3 Å². The molecule has 0 aromatic carbocycles. The van der Waals surface area contributed by atoms with E-state index in [1.54, 1.807) is 0 Å². The first-order chi connectivity index (χ1) is 17.0. The molecule has 0 N–H and O–H groups in total. The van der Waals surface area contributed by atoms with E-state index in [9.17, 15) is 9.59 Å². The summed E-state index contributed by atoms with van der Waals surface area (Å²) in [4.78, 5) is 39.4. The maximum atomic E-state index is 13.0. The summed E-state index contributed by atoms with van der Waals surface area (Å²) in [5, 5.41) is 0.300. The Labute approximate surface area is 253 Å². The second kappa shape index (κ2) is 23.9. The minimum absolute atomic E-state index is 0. The topological polar surface area (TPSA) is 76.1 Å². The molecular weight excluding hydrogens is 499 g/mol. The molecule has 0 bridgehead atoms. The quantitative estimate of drug-likeness (QED) is 0.0945. The molecule has 0 aliphatic rings. The minimum atomic E-state index is -0.250. The molecule has 0 fully saturated rings. The van der Waals surface area contributed by atoms with Crippen molar-refractivity contribution < 1.29 is 9.59 Å². The summed E-state index contributed by atoms with van der Waals surface area (Å²) < 4.78 is 0. The number of amides is 2. The number of rotatable bonds is 21. The number of hydrogen-bond donors (Lipinski definition) is 2. The van der Waals surface area contributed by atoms with Gasteiger partial charge in [-0.25, -0.2) is 4.90 Å². The average molecular weight is 549 g/mol. The van der Waals surface area contributed by atoms with Crippen LogP contribution in [0.4, 0.5) is 5.95 Å². The number of thiol groups is 2. The van der Waals surface area contributed by atoms with Crippen molar-refractivity contribution in [3.8, 4) is 0 Å². The van der Waals surface area contributed by atoms with Crippen molar-refractivity contribution in [2.75, 3.05) is 4.90 Å². The summed E-state index contributed by atoms with van der Waals surface area (Å²) in [6, 6.07) is 0. The van der Waals surface area contributed by atoms with Crippen LogP contribution < -0.4 is 4.90 Å². The molecule has 0 atom stereocenters. The van der Waals surface area contributed by atoms with Gasteiger partial charge in [0.1, 0.15) is 0 Å². The molecule has 9 heteroatoms. The molecule has 36 heavy (non-hydrogen) atoms. The molecule has 202 valence electrons. The number of carbonyl (C=O) groups is 2. The Hall–Kier alpha value is -0.150. The third-order valence-electron chi connectivity index (χ3n) is 6.29. The number of unbranched alkanes of at least 4 members (excludes halogenated alkanes) is 16. The van der Waals surface area contributed by atoms with Gasteiger partial charge in [0.25, 0.3) is 0 Å². The van der Waals surface area contributed by atoms with Crippen molar-refractivity contribution in [1.82, 2.24) is 15.0 Å². The Balaban J connectivity index is 0.0000122. The molecule has 0 spiro atoms. The molecular formula is C27H49N4NaO2S2. The van der Waals surface area contributed by atoms with Gasteiger partial charge in [-0.15, -0.1) is 25.3 Å². The van der Waals surface area contributed by atoms with E-state index in [-0.39, 0.29) is 57.6 Å². The molecule has 1 rings (SSSR count). The van der Waals surface area contributed by atoms with Crippen LogP contribution in [0.3, 0.4) is 0 Å². The van der Waals surface area contributed by atoms with Gasteiger partial charge < -0.3 is 0 Å². The normalized spacial score (nSPS) is 10.8. The molecule has 0 aliphatic heterocycles. The zero-order chi connectivity index (χ0) is 25.7. The summed E-state index contributed by atoms with van der Waals surface area (Å²) in [6.07, 6.45) is 21.7. The maximum absolute atomic E-state index is 13.0. The fraction of sp³-hybridized carbons (Fsp3) is 0.815. The summed E-state index contributed by atoms with van der Waals surface area (Å²) in [5.74, 6) is -0.460. The summed E-state index contributed by atoms with van der Waals surface area (Å²) in [6.45, 7) is 4.46. The number of aromatic nitrogens is 3. The van der Waals surface area contributed by atoms with E-state index in [0.717, 1.165) is 43.4 Å². The van der Waals surface area contributed by atoms with E-state index in [4.69, 9.17) is 0 Å². The number of imide groups is 1. The molecule has 2 amide bonds. The van der Waals surface area contributed by atoms with Crippen molar-refractivity contribution in [3.05, 3.63) is 0 Å². The average Bonchev–Trinajstić information content (AvgIpc) is 2.81. The predicted molar refractivity (Wildman–Crippen MR) is 158 cm³/mol. The van der Waals surface area contributed by atoms with Crippen LogP contribution in [0.1, 0.15) is 142 Å². The van der Waals surface area contributed by atoms with Crippen LogP contribution in [-0.4, -0.2) is 56.3 Å². The third-order valence-corrected chi connectivity index (χ3v) is 6.69. The second-order valence-electron chi connectivity index (χ2n) is 9.52. The fourth-order valence-electron chi connectivity index (χ4n) is 4.20. The summed E-state index contributed by atoms with van der Waals surface area (Å²) >= 11 is 8.35. The zero-order valence-corrected chi connectivity index (χ0v) is 23.9. The van der Waals surface area contributed by atoms with E-state index in [1.807, 2.05) is 0 Å². The predicted octanol–water partition coefficient (Wildman–Crippen LogP) is 7.50. The van der Waals surface area contributed by atoms with Gasteiger partial charge in [-0.3, -0.25) is 9.59 Å². The van der Waals surface area contributed by atoms with E-state index >= 15 is 0 Å². The van der Waals surface area contributed by atoms with Crippen LogP contribution in [0.25, 0.3) is 0 Å². The van der Waals surface area contributed by atoms with E-state index in [2.05, 4.69) is 54.1 Å². The standard InChI is InChI=1S/C27H48N4O2S2.Na.H/c1-3-5-7-9-11-13-15-17-19-21-23(32)31(25-28-26(34)30-27(35)29-25)24(33)22-20-18-16-14-12-10-8-6-4-2;;/h3-22H2,1-2H3,(H2,28,29,30,34,35);;. The first kappa shape index (κ1) is 35.9. The van der Waals surface area contributed by atoms with Gasteiger partial charge >= 0.3 is 29.6 Å². The Bertz CT molecular complexity index is 671. The molecule has 6 nitrogen and oxygen atoms in total. The monoisotopic (exact) mass is 548 g/mol. The van der Waals surface area contributed by atoms with Gasteiger partial charge in [0.05, 0.1) is 0 Å². The molecule has 0 unspecified atom stereocenters. The molecule has 1 aromatic rings. The number of nitrogens with zero attached hydrogens (tertiary/aromatic N) is 4. The number of carbonyl (C=O) groups excluding carboxylic acids is 2. The van der Waals surface area contributed by atoms with Crippen LogP contribution >= 0.6 is 25.3 Å². The first-order valence-corrected chi connectivity index (χ1v) is 14.9. The zero-order valence-electron chi connectivity index (χ0n) is 22.1. The van der Waals surface area contributed by atoms with Gasteiger partial charge in [-0.2, -0.15) is 15.0 Å². The van der Waals surface area contributed by atoms with Gasteiger partial charge in [0, 0.05) is 12.8 Å². The van der Waals surface area contributed by atoms with Crippen molar-refractivity contribution in [2.45, 2.75) is 153 Å². The van der Waals surface area contributed by atoms with Crippen molar-refractivity contribution in [3.63, 3.8) is 0 Å². The summed E-state index contributed by atoms with van der Waals surface area (Å²) in [5.41, 5.74) is 0. The summed E-state index contributed by atoms with van der Waals surface area (Å²) in [7, 11) is 0. The third kappa shape index (κ3) is 17.4. The Morgan fingerprint density at radius 3 is 1.19 bits per heavy atom. The fourth-order valence-corrected chi connectivity index (χ4v) is 4.65. The van der Waals surface area contributed by atoms with Crippen LogP contribution in [0.2, 0.25) is 0 Å². The number of anilines is 1. The molecule has 0 saturated heterocycles. The van der Waals surface area contributed by atoms with Crippen molar-refractivity contribution in [2.24, 2.45) is 0 Å². The van der Waals surface area contributed by atoms with E-state index in [1.165, 1.54) is 77.0 Å². The number of hydrogen-bond acceptors (Lipinski definition) is 7. The van der Waals surface area contributed by atoms with Crippen LogP contribution in [0.5, 0.6) is 0 Å². The Morgan fingerprint density at radius 1 is 0.556 bits per heavy atom. The van der Waals surface area contributed by atoms with E-state index in [0.29, 0.717) is 12.8 Å². The Morgan fingerprint density at radius 2 is 0.861 bits per heavy atom. The van der Waals surface area contributed by atoms with Crippen LogP contribution in [0, 0.1) is 0 Å².